The van der Waals surface area contributed by atoms with Crippen LogP contribution in [-0.2, 0) is 17.8 Å². The molecule has 29 heavy (non-hydrogen) atoms. The average molecular weight is 395 g/mol. The van der Waals surface area contributed by atoms with E-state index in [0.29, 0.717) is 43.3 Å². The number of hydrogen-bond acceptors (Lipinski definition) is 7. The second-order valence-corrected chi connectivity index (χ2v) is 6.84. The Labute approximate surface area is 166 Å². The van der Waals surface area contributed by atoms with E-state index < -0.39 is 6.04 Å². The fraction of sp³-hybridized carbons (Fsp3) is 0.368. The Balaban J connectivity index is 1.45. The number of rotatable bonds is 5. The summed E-state index contributed by atoms with van der Waals surface area (Å²) in [4.78, 5) is 34.8. The standard InChI is InChI=1S/C19H21N7O3/c1-3-15(27)26-8-6-13-14(10-26)23-24-16(13)18(28)21-11(2)19-22-17(25-29-19)12-5-4-7-20-9-12/h4-5,7,9,11H,3,6,8,10H2,1-2H3,(H,21,28)(H,23,24). The summed E-state index contributed by atoms with van der Waals surface area (Å²) in [6, 6.07) is 3.12. The van der Waals surface area contributed by atoms with Gasteiger partial charge in [0.1, 0.15) is 6.04 Å². The number of pyridine rings is 1. The van der Waals surface area contributed by atoms with Gasteiger partial charge in [-0.2, -0.15) is 10.1 Å². The Morgan fingerprint density at radius 2 is 2.28 bits per heavy atom. The molecule has 0 fully saturated rings. The number of H-pyrrole nitrogens is 1. The molecule has 0 bridgehead atoms. The molecule has 0 aliphatic carbocycles. The average Bonchev–Trinajstić information content (AvgIpc) is 3.40. The topological polar surface area (TPSA) is 130 Å². The lowest BCUT2D eigenvalue weighted by Crippen LogP contribution is -2.36. The van der Waals surface area contributed by atoms with Crippen LogP contribution in [0.3, 0.4) is 0 Å². The highest BCUT2D eigenvalue weighted by Crippen LogP contribution is 2.22. The Morgan fingerprint density at radius 1 is 1.41 bits per heavy atom. The van der Waals surface area contributed by atoms with Gasteiger partial charge in [-0.05, 0) is 25.5 Å². The minimum atomic E-state index is -0.491. The van der Waals surface area contributed by atoms with Crippen LogP contribution in [0.15, 0.2) is 29.0 Å². The van der Waals surface area contributed by atoms with Crippen LogP contribution >= 0.6 is 0 Å². The van der Waals surface area contributed by atoms with Crippen LogP contribution < -0.4 is 5.32 Å². The van der Waals surface area contributed by atoms with Crippen LogP contribution in [0.2, 0.25) is 0 Å². The van der Waals surface area contributed by atoms with Crippen LogP contribution in [0, 0.1) is 0 Å². The highest BCUT2D eigenvalue weighted by Gasteiger charge is 2.28. The molecule has 4 heterocycles. The molecular weight excluding hydrogens is 374 g/mol. The van der Waals surface area contributed by atoms with Gasteiger partial charge in [-0.1, -0.05) is 12.1 Å². The largest absolute Gasteiger partial charge is 0.339 e. The van der Waals surface area contributed by atoms with Crippen molar-refractivity contribution < 1.29 is 14.1 Å². The van der Waals surface area contributed by atoms with Crippen molar-refractivity contribution in [2.45, 2.75) is 39.3 Å². The lowest BCUT2D eigenvalue weighted by atomic mass is 10.0. The summed E-state index contributed by atoms with van der Waals surface area (Å²) in [7, 11) is 0. The van der Waals surface area contributed by atoms with Crippen molar-refractivity contribution in [2.24, 2.45) is 0 Å². The molecule has 10 nitrogen and oxygen atoms in total. The first-order chi connectivity index (χ1) is 14.1. The summed E-state index contributed by atoms with van der Waals surface area (Å²) in [5.41, 5.74) is 2.71. The molecule has 2 amide bonds. The van der Waals surface area contributed by atoms with E-state index in [1.54, 1.807) is 30.3 Å². The molecule has 10 heteroatoms. The van der Waals surface area contributed by atoms with Crippen LogP contribution in [0.1, 0.15) is 53.9 Å². The van der Waals surface area contributed by atoms with E-state index in [2.05, 4.69) is 30.6 Å². The molecule has 0 saturated carbocycles. The summed E-state index contributed by atoms with van der Waals surface area (Å²) in [6.45, 7) is 4.62. The zero-order valence-electron chi connectivity index (χ0n) is 16.2. The number of carbonyl (C=O) groups is 2. The van der Waals surface area contributed by atoms with Gasteiger partial charge in [0.2, 0.25) is 17.6 Å². The molecule has 0 spiro atoms. The SMILES string of the molecule is CCC(=O)N1CCc2c(C(=O)NC(C)c3nc(-c4cccnc4)no3)n[nH]c2C1. The highest BCUT2D eigenvalue weighted by molar-refractivity contribution is 5.94. The van der Waals surface area contributed by atoms with Crippen molar-refractivity contribution in [3.05, 3.63) is 47.4 Å². The van der Waals surface area contributed by atoms with Gasteiger partial charge < -0.3 is 14.7 Å². The fourth-order valence-electron chi connectivity index (χ4n) is 3.29. The Bertz CT molecular complexity index is 1030. The Hall–Kier alpha value is -3.56. The summed E-state index contributed by atoms with van der Waals surface area (Å²) < 4.78 is 5.29. The van der Waals surface area contributed by atoms with Crippen LogP contribution in [0.25, 0.3) is 11.4 Å². The van der Waals surface area contributed by atoms with E-state index in [-0.39, 0.29) is 11.8 Å². The maximum Gasteiger partial charge on any atom is 0.272 e. The second kappa shape index (κ2) is 7.82. The summed E-state index contributed by atoms with van der Waals surface area (Å²) in [6.07, 6.45) is 4.34. The van der Waals surface area contributed by atoms with E-state index in [9.17, 15) is 9.59 Å². The minimum absolute atomic E-state index is 0.0886. The molecule has 1 aliphatic heterocycles. The fourth-order valence-corrected chi connectivity index (χ4v) is 3.29. The van der Waals surface area contributed by atoms with Gasteiger partial charge in [0, 0.05) is 36.5 Å². The van der Waals surface area contributed by atoms with Crippen molar-refractivity contribution in [1.29, 1.82) is 0 Å². The number of carbonyl (C=O) groups excluding carboxylic acids is 2. The molecule has 1 atom stereocenters. The number of aromatic nitrogens is 5. The molecule has 2 N–H and O–H groups in total. The predicted octanol–water partition coefficient (Wildman–Crippen LogP) is 1.64. The highest BCUT2D eigenvalue weighted by atomic mass is 16.5. The van der Waals surface area contributed by atoms with Crippen molar-refractivity contribution >= 4 is 11.8 Å². The Morgan fingerprint density at radius 3 is 3.03 bits per heavy atom. The molecule has 0 saturated heterocycles. The van der Waals surface area contributed by atoms with Gasteiger partial charge in [0.15, 0.2) is 5.69 Å². The third kappa shape index (κ3) is 3.73. The van der Waals surface area contributed by atoms with Crippen molar-refractivity contribution in [3.8, 4) is 11.4 Å². The van der Waals surface area contributed by atoms with E-state index in [1.165, 1.54) is 0 Å². The first kappa shape index (κ1) is 18.8. The van der Waals surface area contributed by atoms with E-state index in [1.807, 2.05) is 13.0 Å². The first-order valence-electron chi connectivity index (χ1n) is 9.45. The quantitative estimate of drug-likeness (QED) is 0.671. The third-order valence-corrected chi connectivity index (χ3v) is 4.88. The lowest BCUT2D eigenvalue weighted by Gasteiger charge is -2.26. The maximum absolute atomic E-state index is 12.7. The smallest absolute Gasteiger partial charge is 0.272 e. The lowest BCUT2D eigenvalue weighted by molar-refractivity contribution is -0.131. The minimum Gasteiger partial charge on any atom is -0.339 e. The summed E-state index contributed by atoms with van der Waals surface area (Å²) in [5, 5.41) is 13.8. The van der Waals surface area contributed by atoms with Gasteiger partial charge in [0.05, 0.1) is 12.2 Å². The van der Waals surface area contributed by atoms with Crippen molar-refractivity contribution in [3.63, 3.8) is 0 Å². The van der Waals surface area contributed by atoms with Crippen molar-refractivity contribution in [1.82, 2.24) is 35.5 Å². The van der Waals surface area contributed by atoms with E-state index in [4.69, 9.17) is 4.52 Å². The number of fused-ring (bicyclic) bond motifs is 1. The van der Waals surface area contributed by atoms with Gasteiger partial charge in [-0.25, -0.2) is 0 Å². The van der Waals surface area contributed by atoms with Crippen LogP contribution in [0.4, 0.5) is 0 Å². The number of nitrogens with one attached hydrogen (secondary N) is 2. The third-order valence-electron chi connectivity index (χ3n) is 4.88. The maximum atomic E-state index is 12.7. The zero-order valence-corrected chi connectivity index (χ0v) is 16.2. The molecule has 4 rings (SSSR count). The molecule has 1 aliphatic rings. The number of hydrogen-bond donors (Lipinski definition) is 2. The number of aromatic amines is 1. The molecule has 1 unspecified atom stereocenters. The molecule has 3 aromatic heterocycles. The summed E-state index contributed by atoms with van der Waals surface area (Å²) in [5.74, 6) is 0.463. The zero-order chi connectivity index (χ0) is 20.4. The second-order valence-electron chi connectivity index (χ2n) is 6.84. The molecule has 3 aromatic rings. The normalized spacial score (nSPS) is 14.3. The van der Waals surface area contributed by atoms with Gasteiger partial charge in [-0.15, -0.1) is 0 Å². The molecule has 0 aromatic carbocycles. The number of nitrogens with zero attached hydrogens (tertiary/aromatic N) is 5. The first-order valence-corrected chi connectivity index (χ1v) is 9.45. The Kier molecular flexibility index (Phi) is 5.07. The van der Waals surface area contributed by atoms with Gasteiger partial charge in [-0.3, -0.25) is 19.7 Å². The molecule has 150 valence electrons. The van der Waals surface area contributed by atoms with Crippen LogP contribution in [-0.4, -0.2) is 48.6 Å². The van der Waals surface area contributed by atoms with Gasteiger partial charge in [0.25, 0.3) is 5.91 Å². The van der Waals surface area contributed by atoms with Crippen LogP contribution in [0.5, 0.6) is 0 Å². The predicted molar refractivity (Wildman–Crippen MR) is 101 cm³/mol. The van der Waals surface area contributed by atoms with E-state index in [0.717, 1.165) is 16.8 Å². The summed E-state index contributed by atoms with van der Waals surface area (Å²) >= 11 is 0. The number of amides is 2. The van der Waals surface area contributed by atoms with E-state index >= 15 is 0 Å². The van der Waals surface area contributed by atoms with Crippen molar-refractivity contribution in [2.75, 3.05) is 6.54 Å². The monoisotopic (exact) mass is 395 g/mol. The molecular formula is C19H21N7O3. The molecule has 0 radical (unpaired) electrons. The van der Waals surface area contributed by atoms with Gasteiger partial charge >= 0.3 is 0 Å².